The Morgan fingerprint density at radius 2 is 2.14 bits per heavy atom. The quantitative estimate of drug-likeness (QED) is 0.670. The zero-order valence-electron chi connectivity index (χ0n) is 8.33. The summed E-state index contributed by atoms with van der Waals surface area (Å²) in [7, 11) is 0. The molecule has 1 fully saturated rings. The van der Waals surface area contributed by atoms with Gasteiger partial charge in [0.25, 0.3) is 0 Å². The second-order valence-electron chi connectivity index (χ2n) is 3.32. The highest BCUT2D eigenvalue weighted by atomic mass is 15.3. The third kappa shape index (κ3) is 1.73. The van der Waals surface area contributed by atoms with E-state index in [4.69, 9.17) is 0 Å². The van der Waals surface area contributed by atoms with Crippen molar-refractivity contribution in [3.8, 4) is 12.0 Å². The maximum Gasteiger partial charge on any atom is 0.113 e. The summed E-state index contributed by atoms with van der Waals surface area (Å²) in [5.41, 5.74) is 1.28. The summed E-state index contributed by atoms with van der Waals surface area (Å²) in [5, 5.41) is 3.43. The van der Waals surface area contributed by atoms with E-state index in [1.165, 1.54) is 5.56 Å². The second-order valence-corrected chi connectivity index (χ2v) is 3.32. The highest BCUT2D eigenvalue weighted by Gasteiger charge is 2.22. The molecule has 1 aliphatic rings. The van der Waals surface area contributed by atoms with Crippen molar-refractivity contribution in [2.45, 2.75) is 13.1 Å². The highest BCUT2D eigenvalue weighted by Crippen LogP contribution is 2.19. The highest BCUT2D eigenvalue weighted by molar-refractivity contribution is 5.21. The van der Waals surface area contributed by atoms with E-state index in [-0.39, 0.29) is 6.17 Å². The van der Waals surface area contributed by atoms with Crippen molar-refractivity contribution in [3.63, 3.8) is 0 Å². The lowest BCUT2D eigenvalue weighted by Gasteiger charge is -2.19. The third-order valence-corrected chi connectivity index (χ3v) is 2.37. The van der Waals surface area contributed by atoms with E-state index in [9.17, 15) is 0 Å². The van der Waals surface area contributed by atoms with Crippen molar-refractivity contribution in [2.75, 3.05) is 13.1 Å². The first-order valence-corrected chi connectivity index (χ1v) is 4.89. The number of hydrogen-bond donors (Lipinski definition) is 1. The Balaban J connectivity index is 2.20. The van der Waals surface area contributed by atoms with Crippen molar-refractivity contribution in [3.05, 3.63) is 35.9 Å². The van der Waals surface area contributed by atoms with Gasteiger partial charge in [0.1, 0.15) is 6.17 Å². The number of nitrogens with zero attached hydrogens (tertiary/aromatic N) is 1. The first-order valence-electron chi connectivity index (χ1n) is 4.89. The van der Waals surface area contributed by atoms with Crippen LogP contribution in [0.15, 0.2) is 30.3 Å². The summed E-state index contributed by atoms with van der Waals surface area (Å²) in [6.45, 7) is 3.88. The minimum atomic E-state index is 0.267. The first-order chi connectivity index (χ1) is 6.92. The van der Waals surface area contributed by atoms with E-state index in [0.717, 1.165) is 13.1 Å². The fourth-order valence-corrected chi connectivity index (χ4v) is 1.76. The van der Waals surface area contributed by atoms with E-state index in [0.29, 0.717) is 0 Å². The molecule has 1 N–H and O–H groups in total. The van der Waals surface area contributed by atoms with Crippen LogP contribution in [0.25, 0.3) is 0 Å². The van der Waals surface area contributed by atoms with Crippen molar-refractivity contribution >= 4 is 0 Å². The summed E-state index contributed by atoms with van der Waals surface area (Å²) < 4.78 is 0. The van der Waals surface area contributed by atoms with Crippen LogP contribution in [0.3, 0.4) is 0 Å². The van der Waals surface area contributed by atoms with Crippen LogP contribution in [-0.4, -0.2) is 18.0 Å². The van der Waals surface area contributed by atoms with E-state index >= 15 is 0 Å². The van der Waals surface area contributed by atoms with Crippen molar-refractivity contribution < 1.29 is 0 Å². The molecule has 1 heterocycles. The molecule has 2 heteroatoms. The second kappa shape index (κ2) is 4.17. The van der Waals surface area contributed by atoms with Crippen LogP contribution in [0.4, 0.5) is 0 Å². The lowest BCUT2D eigenvalue weighted by Crippen LogP contribution is -2.23. The summed E-state index contributed by atoms with van der Waals surface area (Å²) in [4.78, 5) is 2.15. The fraction of sp³-hybridized carbons (Fsp3) is 0.333. The van der Waals surface area contributed by atoms with Crippen LogP contribution in [-0.2, 0) is 0 Å². The van der Waals surface area contributed by atoms with E-state index < -0.39 is 0 Å². The normalized spacial score (nSPS) is 20.4. The molecule has 1 atom stereocenters. The molecule has 0 aliphatic carbocycles. The van der Waals surface area contributed by atoms with Crippen LogP contribution >= 0.6 is 0 Å². The molecule has 0 saturated carbocycles. The van der Waals surface area contributed by atoms with Gasteiger partial charge in [-0.3, -0.25) is 5.32 Å². The molecule has 0 amide bonds. The Labute approximate surface area is 84.9 Å². The van der Waals surface area contributed by atoms with Crippen molar-refractivity contribution in [1.82, 2.24) is 10.2 Å². The zero-order valence-corrected chi connectivity index (χ0v) is 8.33. The summed E-state index contributed by atoms with van der Waals surface area (Å²) in [6.07, 6.45) is 0.267. The molecule has 1 aromatic carbocycles. The molecule has 0 aromatic heterocycles. The predicted molar refractivity (Wildman–Crippen MR) is 57.3 cm³/mol. The van der Waals surface area contributed by atoms with E-state index in [2.05, 4.69) is 46.4 Å². The van der Waals surface area contributed by atoms with Gasteiger partial charge in [-0.05, 0) is 12.5 Å². The van der Waals surface area contributed by atoms with E-state index in [1.807, 2.05) is 13.0 Å². The molecule has 0 spiro atoms. The van der Waals surface area contributed by atoms with Gasteiger partial charge >= 0.3 is 0 Å². The van der Waals surface area contributed by atoms with Crippen LogP contribution in [0.2, 0.25) is 0 Å². The minimum Gasteiger partial charge on any atom is -0.311 e. The topological polar surface area (TPSA) is 15.3 Å². The van der Waals surface area contributed by atoms with Gasteiger partial charge in [-0.25, -0.2) is 0 Å². The summed E-state index contributed by atoms with van der Waals surface area (Å²) in [5.74, 6) is 2.95. The molecule has 2 nitrogen and oxygen atoms in total. The number of nitrogens with one attached hydrogen (secondary N) is 1. The number of hydrogen-bond acceptors (Lipinski definition) is 2. The Hall–Kier alpha value is -1.46. The van der Waals surface area contributed by atoms with Gasteiger partial charge in [0.2, 0.25) is 0 Å². The summed E-state index contributed by atoms with van der Waals surface area (Å²) in [6, 6.07) is 13.5. The molecular formula is C12H14N2. The van der Waals surface area contributed by atoms with Crippen molar-refractivity contribution in [1.29, 1.82) is 0 Å². The van der Waals surface area contributed by atoms with Crippen LogP contribution in [0.1, 0.15) is 18.7 Å². The van der Waals surface area contributed by atoms with Crippen molar-refractivity contribution in [2.24, 2.45) is 0 Å². The molecule has 1 aliphatic heterocycles. The molecule has 1 aromatic rings. The molecule has 2 rings (SSSR count). The van der Waals surface area contributed by atoms with Gasteiger partial charge in [0.05, 0.1) is 0 Å². The Morgan fingerprint density at radius 3 is 2.86 bits per heavy atom. The molecule has 0 bridgehead atoms. The fourth-order valence-electron chi connectivity index (χ4n) is 1.76. The van der Waals surface area contributed by atoms with Crippen LogP contribution < -0.4 is 5.32 Å². The van der Waals surface area contributed by atoms with Gasteiger partial charge in [-0.15, -0.1) is 0 Å². The van der Waals surface area contributed by atoms with Gasteiger partial charge in [0, 0.05) is 19.1 Å². The van der Waals surface area contributed by atoms with Gasteiger partial charge in [0.15, 0.2) is 0 Å². The minimum absolute atomic E-state index is 0.267. The summed E-state index contributed by atoms with van der Waals surface area (Å²) >= 11 is 0. The van der Waals surface area contributed by atoms with Gasteiger partial charge in [-0.2, -0.15) is 0 Å². The largest absolute Gasteiger partial charge is 0.311 e. The predicted octanol–water partition coefficient (Wildman–Crippen LogP) is 1.57. The zero-order chi connectivity index (χ0) is 9.80. The molecule has 0 radical (unpaired) electrons. The Bertz CT molecular complexity index is 348. The average Bonchev–Trinajstić information content (AvgIpc) is 2.68. The maximum atomic E-state index is 3.43. The molecule has 14 heavy (non-hydrogen) atoms. The van der Waals surface area contributed by atoms with Gasteiger partial charge < -0.3 is 4.90 Å². The average molecular weight is 186 g/mol. The molecular weight excluding hydrogens is 172 g/mol. The lowest BCUT2D eigenvalue weighted by atomic mass is 10.2. The SMILES string of the molecule is CC#CN1CCNC1c1ccccc1. The Kier molecular flexibility index (Phi) is 2.71. The Morgan fingerprint density at radius 1 is 1.36 bits per heavy atom. The molecule has 1 unspecified atom stereocenters. The third-order valence-electron chi connectivity index (χ3n) is 2.37. The van der Waals surface area contributed by atoms with Crippen LogP contribution in [0, 0.1) is 12.0 Å². The maximum absolute atomic E-state index is 3.43. The molecule has 1 saturated heterocycles. The number of rotatable bonds is 1. The number of benzene rings is 1. The van der Waals surface area contributed by atoms with Gasteiger partial charge in [-0.1, -0.05) is 36.3 Å². The standard InChI is InChI=1S/C12H14N2/c1-2-9-14-10-8-13-12(14)11-6-4-3-5-7-11/h3-7,12-13H,8,10H2,1H3. The van der Waals surface area contributed by atoms with Crippen LogP contribution in [0.5, 0.6) is 0 Å². The monoisotopic (exact) mass is 186 g/mol. The molecule has 72 valence electrons. The lowest BCUT2D eigenvalue weighted by molar-refractivity contribution is 0.359. The first kappa shape index (κ1) is 9.11. The van der Waals surface area contributed by atoms with E-state index in [1.54, 1.807) is 0 Å². The smallest absolute Gasteiger partial charge is 0.113 e.